The lowest BCUT2D eigenvalue weighted by Gasteiger charge is -2.25. The van der Waals surface area contributed by atoms with Gasteiger partial charge in [0.05, 0.1) is 30.0 Å². The molecule has 1 saturated heterocycles. The van der Waals surface area contributed by atoms with Gasteiger partial charge in [-0.25, -0.2) is 9.67 Å². The fraction of sp³-hybridized carbons (Fsp3) is 0.389. The third kappa shape index (κ3) is 2.38. The zero-order valence-electron chi connectivity index (χ0n) is 14.6. The Bertz CT molecular complexity index is 942. The number of fused-ring (bicyclic) bond motifs is 1. The molecule has 3 aromatic rings. The Kier molecular flexibility index (Phi) is 3.71. The monoisotopic (exact) mass is 339 g/mol. The number of amides is 1. The van der Waals surface area contributed by atoms with Gasteiger partial charge in [-0.1, -0.05) is 0 Å². The van der Waals surface area contributed by atoms with E-state index in [-0.39, 0.29) is 11.9 Å². The predicted molar refractivity (Wildman–Crippen MR) is 93.6 cm³/mol. The van der Waals surface area contributed by atoms with E-state index in [1.165, 1.54) is 0 Å². The number of likely N-dealkylation sites (tertiary alicyclic amines) is 1. The van der Waals surface area contributed by atoms with Crippen molar-refractivity contribution in [3.63, 3.8) is 0 Å². The number of aromatic nitrogens is 4. The van der Waals surface area contributed by atoms with Crippen LogP contribution in [0, 0.1) is 6.92 Å². The first kappa shape index (κ1) is 15.7. The summed E-state index contributed by atoms with van der Waals surface area (Å²) < 4.78 is 7.28. The Morgan fingerprint density at radius 2 is 2.28 bits per heavy atom. The van der Waals surface area contributed by atoms with Crippen LogP contribution in [0.5, 0.6) is 5.88 Å². The van der Waals surface area contributed by atoms with Gasteiger partial charge in [-0.2, -0.15) is 5.10 Å². The van der Waals surface area contributed by atoms with Crippen LogP contribution in [-0.4, -0.2) is 44.2 Å². The molecule has 1 aliphatic heterocycles. The quantitative estimate of drug-likeness (QED) is 0.796. The highest BCUT2D eigenvalue weighted by molar-refractivity contribution is 6.06. The van der Waals surface area contributed by atoms with Crippen molar-refractivity contribution >= 4 is 16.9 Å². The van der Waals surface area contributed by atoms with Gasteiger partial charge in [-0.05, 0) is 31.9 Å². The van der Waals surface area contributed by atoms with Gasteiger partial charge in [-0.15, -0.1) is 0 Å². The lowest BCUT2D eigenvalue weighted by atomic mass is 10.0. The number of methoxy groups -OCH3 is 1. The number of carbonyl (C=O) groups excluding carboxylic acids is 1. The average Bonchev–Trinajstić information content (AvgIpc) is 3.30. The fourth-order valence-electron chi connectivity index (χ4n) is 3.88. The van der Waals surface area contributed by atoms with Crippen LogP contribution in [0.15, 0.2) is 24.5 Å². The van der Waals surface area contributed by atoms with Crippen LogP contribution in [0.4, 0.5) is 0 Å². The van der Waals surface area contributed by atoms with E-state index in [0.29, 0.717) is 5.56 Å². The zero-order chi connectivity index (χ0) is 17.6. The number of hydrogen-bond donors (Lipinski definition) is 1. The first-order valence-corrected chi connectivity index (χ1v) is 8.42. The van der Waals surface area contributed by atoms with Gasteiger partial charge >= 0.3 is 0 Å². The van der Waals surface area contributed by atoms with E-state index >= 15 is 0 Å². The minimum Gasteiger partial charge on any atom is -0.481 e. The summed E-state index contributed by atoms with van der Waals surface area (Å²) in [5, 5.41) is 5.33. The van der Waals surface area contributed by atoms with Crippen molar-refractivity contribution in [1.29, 1.82) is 0 Å². The molecule has 1 amide bonds. The molecule has 0 spiro atoms. The van der Waals surface area contributed by atoms with Gasteiger partial charge in [-0.3, -0.25) is 4.79 Å². The largest absolute Gasteiger partial charge is 0.481 e. The molecule has 0 radical (unpaired) electrons. The molecular formula is C18H21N5O2. The minimum absolute atomic E-state index is 0.0160. The standard InChI is InChI=1S/C18H21N5O2/c1-11-15(18(25-3)22(2)21-11)14-7-5-9-23(14)17(24)13-10-20-16-12(13)6-4-8-19-16/h4,6,8,10,14H,5,7,9H2,1-3H3,(H,19,20)/t14-/m0/s1. The number of hydrogen-bond acceptors (Lipinski definition) is 4. The van der Waals surface area contributed by atoms with Crippen molar-refractivity contribution in [2.45, 2.75) is 25.8 Å². The molecule has 1 aliphatic rings. The van der Waals surface area contributed by atoms with Gasteiger partial charge in [0.25, 0.3) is 5.91 Å². The summed E-state index contributed by atoms with van der Waals surface area (Å²) in [6.07, 6.45) is 5.35. The fourth-order valence-corrected chi connectivity index (χ4v) is 3.88. The van der Waals surface area contributed by atoms with Crippen LogP contribution in [0.3, 0.4) is 0 Å². The molecule has 7 heteroatoms. The van der Waals surface area contributed by atoms with Gasteiger partial charge in [0.15, 0.2) is 0 Å². The molecule has 3 aromatic heterocycles. The molecule has 4 rings (SSSR count). The molecule has 1 N–H and O–H groups in total. The third-order valence-electron chi connectivity index (χ3n) is 4.94. The molecule has 0 aromatic carbocycles. The van der Waals surface area contributed by atoms with E-state index in [1.807, 2.05) is 31.0 Å². The van der Waals surface area contributed by atoms with Crippen molar-refractivity contribution in [2.24, 2.45) is 7.05 Å². The van der Waals surface area contributed by atoms with Gasteiger partial charge in [0, 0.05) is 31.4 Å². The van der Waals surface area contributed by atoms with Gasteiger partial charge < -0.3 is 14.6 Å². The van der Waals surface area contributed by atoms with E-state index in [0.717, 1.165) is 47.6 Å². The molecule has 130 valence electrons. The number of ether oxygens (including phenoxy) is 1. The molecule has 1 fully saturated rings. The maximum atomic E-state index is 13.2. The number of rotatable bonds is 3. The van der Waals surface area contributed by atoms with Crippen LogP contribution in [0.2, 0.25) is 0 Å². The van der Waals surface area contributed by atoms with Crippen LogP contribution in [-0.2, 0) is 7.05 Å². The molecule has 4 heterocycles. The Labute approximate surface area is 145 Å². The number of pyridine rings is 1. The summed E-state index contributed by atoms with van der Waals surface area (Å²) in [6.45, 7) is 2.70. The number of H-pyrrole nitrogens is 1. The molecule has 0 saturated carbocycles. The van der Waals surface area contributed by atoms with E-state index in [1.54, 1.807) is 24.2 Å². The van der Waals surface area contributed by atoms with Crippen molar-refractivity contribution in [1.82, 2.24) is 24.6 Å². The van der Waals surface area contributed by atoms with Crippen molar-refractivity contribution < 1.29 is 9.53 Å². The maximum Gasteiger partial charge on any atom is 0.256 e. The lowest BCUT2D eigenvalue weighted by Crippen LogP contribution is -2.30. The number of nitrogens with one attached hydrogen (secondary N) is 1. The van der Waals surface area contributed by atoms with Crippen molar-refractivity contribution in [3.8, 4) is 5.88 Å². The Morgan fingerprint density at radius 1 is 1.44 bits per heavy atom. The Morgan fingerprint density at radius 3 is 3.08 bits per heavy atom. The third-order valence-corrected chi connectivity index (χ3v) is 4.94. The number of nitrogens with zero attached hydrogens (tertiary/aromatic N) is 4. The Hall–Kier alpha value is -2.83. The first-order chi connectivity index (χ1) is 12.1. The summed E-state index contributed by atoms with van der Waals surface area (Å²) in [5.74, 6) is 0.745. The second-order valence-corrected chi connectivity index (χ2v) is 6.39. The highest BCUT2D eigenvalue weighted by atomic mass is 16.5. The second-order valence-electron chi connectivity index (χ2n) is 6.39. The molecule has 25 heavy (non-hydrogen) atoms. The summed E-state index contributed by atoms with van der Waals surface area (Å²) in [7, 11) is 3.51. The van der Waals surface area contributed by atoms with Crippen LogP contribution < -0.4 is 4.74 Å². The first-order valence-electron chi connectivity index (χ1n) is 8.42. The molecule has 0 bridgehead atoms. The zero-order valence-corrected chi connectivity index (χ0v) is 14.6. The predicted octanol–water partition coefficient (Wildman–Crippen LogP) is 2.59. The summed E-state index contributed by atoms with van der Waals surface area (Å²) in [4.78, 5) is 22.5. The summed E-state index contributed by atoms with van der Waals surface area (Å²) in [6, 6.07) is 3.76. The lowest BCUT2D eigenvalue weighted by molar-refractivity contribution is 0.0735. The summed E-state index contributed by atoms with van der Waals surface area (Å²) in [5.41, 5.74) is 3.31. The Balaban J connectivity index is 1.74. The molecule has 0 aliphatic carbocycles. The highest BCUT2D eigenvalue weighted by Crippen LogP contribution is 2.39. The van der Waals surface area contributed by atoms with Crippen LogP contribution in [0.1, 0.15) is 40.5 Å². The SMILES string of the molecule is COc1c([C@@H]2CCCN2C(=O)c2c[nH]c3ncccc23)c(C)nn1C. The van der Waals surface area contributed by atoms with Crippen LogP contribution >= 0.6 is 0 Å². The van der Waals surface area contributed by atoms with E-state index in [2.05, 4.69) is 15.1 Å². The number of aromatic amines is 1. The van der Waals surface area contributed by atoms with Gasteiger partial charge in [0.1, 0.15) is 5.65 Å². The van der Waals surface area contributed by atoms with E-state index in [9.17, 15) is 4.79 Å². The number of carbonyl (C=O) groups is 1. The van der Waals surface area contributed by atoms with Crippen molar-refractivity contribution in [2.75, 3.05) is 13.7 Å². The minimum atomic E-state index is -0.0160. The molecule has 1 atom stereocenters. The van der Waals surface area contributed by atoms with E-state index in [4.69, 9.17) is 4.74 Å². The molecular weight excluding hydrogens is 318 g/mol. The number of aryl methyl sites for hydroxylation is 2. The maximum absolute atomic E-state index is 13.2. The smallest absolute Gasteiger partial charge is 0.256 e. The van der Waals surface area contributed by atoms with Crippen molar-refractivity contribution in [3.05, 3.63) is 41.3 Å². The van der Waals surface area contributed by atoms with E-state index < -0.39 is 0 Å². The average molecular weight is 339 g/mol. The highest BCUT2D eigenvalue weighted by Gasteiger charge is 2.36. The van der Waals surface area contributed by atoms with Gasteiger partial charge in [0.2, 0.25) is 5.88 Å². The second kappa shape index (κ2) is 5.91. The summed E-state index contributed by atoms with van der Waals surface area (Å²) >= 11 is 0. The topological polar surface area (TPSA) is 76.0 Å². The normalized spacial score (nSPS) is 17.4. The van der Waals surface area contributed by atoms with Crippen LogP contribution in [0.25, 0.3) is 11.0 Å². The molecule has 7 nitrogen and oxygen atoms in total. The molecule has 0 unspecified atom stereocenters.